The molecule has 22 heavy (non-hydrogen) atoms. The Morgan fingerprint density at radius 2 is 1.55 bits per heavy atom. The first-order valence-electron chi connectivity index (χ1n) is 6.75. The lowest BCUT2D eigenvalue weighted by Crippen LogP contribution is -1.95. The van der Waals surface area contributed by atoms with Crippen molar-refractivity contribution in [2.75, 3.05) is 21.3 Å². The third-order valence-electron chi connectivity index (χ3n) is 3.58. The highest BCUT2D eigenvalue weighted by Crippen LogP contribution is 2.44. The van der Waals surface area contributed by atoms with Crippen molar-refractivity contribution in [3.05, 3.63) is 40.9 Å². The van der Waals surface area contributed by atoms with Gasteiger partial charge in [-0.1, -0.05) is 28.1 Å². The molecule has 1 aromatic heterocycles. The molecule has 2 aromatic carbocycles. The van der Waals surface area contributed by atoms with Gasteiger partial charge in [0.15, 0.2) is 11.5 Å². The molecule has 5 heteroatoms. The third kappa shape index (κ3) is 2.41. The lowest BCUT2D eigenvalue weighted by molar-refractivity contribution is 0.327. The second-order valence-corrected chi connectivity index (χ2v) is 5.71. The summed E-state index contributed by atoms with van der Waals surface area (Å²) in [6.45, 7) is 0. The van der Waals surface area contributed by atoms with Crippen LogP contribution in [0.4, 0.5) is 0 Å². The van der Waals surface area contributed by atoms with Crippen LogP contribution in [-0.2, 0) is 0 Å². The summed E-state index contributed by atoms with van der Waals surface area (Å²) >= 11 is 3.45. The zero-order valence-electron chi connectivity index (χ0n) is 12.6. The van der Waals surface area contributed by atoms with Crippen LogP contribution in [0.3, 0.4) is 0 Å². The van der Waals surface area contributed by atoms with Gasteiger partial charge in [-0.05, 0) is 23.8 Å². The molecule has 1 N–H and O–H groups in total. The van der Waals surface area contributed by atoms with E-state index in [0.29, 0.717) is 17.2 Å². The fourth-order valence-electron chi connectivity index (χ4n) is 2.54. The number of aromatic amines is 1. The van der Waals surface area contributed by atoms with Gasteiger partial charge in [0.25, 0.3) is 0 Å². The van der Waals surface area contributed by atoms with Crippen molar-refractivity contribution in [1.29, 1.82) is 0 Å². The first-order chi connectivity index (χ1) is 10.7. The number of H-pyrrole nitrogens is 1. The molecule has 0 bridgehead atoms. The van der Waals surface area contributed by atoms with E-state index in [2.05, 4.69) is 39.1 Å². The van der Waals surface area contributed by atoms with Gasteiger partial charge in [-0.25, -0.2) is 0 Å². The molecule has 0 unspecified atom stereocenters. The van der Waals surface area contributed by atoms with Crippen LogP contribution in [0.15, 0.2) is 40.9 Å². The summed E-state index contributed by atoms with van der Waals surface area (Å²) in [5.41, 5.74) is 3.04. The average Bonchev–Trinajstić information content (AvgIpc) is 2.97. The number of methoxy groups -OCH3 is 3. The Balaban J connectivity index is 2.22. The van der Waals surface area contributed by atoms with Crippen LogP contribution in [0.5, 0.6) is 17.2 Å². The molecular formula is C17H16BrNO3. The van der Waals surface area contributed by atoms with Crippen molar-refractivity contribution in [1.82, 2.24) is 4.98 Å². The van der Waals surface area contributed by atoms with Gasteiger partial charge in [0, 0.05) is 21.6 Å². The van der Waals surface area contributed by atoms with Gasteiger partial charge in [0.2, 0.25) is 5.75 Å². The maximum absolute atomic E-state index is 5.53. The van der Waals surface area contributed by atoms with Gasteiger partial charge in [-0.15, -0.1) is 0 Å². The number of rotatable bonds is 4. The van der Waals surface area contributed by atoms with E-state index < -0.39 is 0 Å². The van der Waals surface area contributed by atoms with Crippen molar-refractivity contribution in [3.63, 3.8) is 0 Å². The standard InChI is InChI=1S/C17H16BrNO3/c1-20-15-9-14-12(16(21-2)17(15)22-3)8-13(19-14)10-4-6-11(18)7-5-10/h4-9,19H,1-3H3. The maximum Gasteiger partial charge on any atom is 0.204 e. The van der Waals surface area contributed by atoms with Gasteiger partial charge in [0.1, 0.15) is 0 Å². The minimum atomic E-state index is 0.596. The smallest absolute Gasteiger partial charge is 0.204 e. The summed E-state index contributed by atoms with van der Waals surface area (Å²) < 4.78 is 17.4. The average molecular weight is 362 g/mol. The molecule has 0 aliphatic carbocycles. The van der Waals surface area contributed by atoms with E-state index in [4.69, 9.17) is 14.2 Å². The molecule has 3 rings (SSSR count). The molecule has 0 saturated carbocycles. The first-order valence-corrected chi connectivity index (χ1v) is 7.55. The Morgan fingerprint density at radius 1 is 0.864 bits per heavy atom. The van der Waals surface area contributed by atoms with Crippen LogP contribution in [0, 0.1) is 0 Å². The van der Waals surface area contributed by atoms with Crippen molar-refractivity contribution >= 4 is 26.8 Å². The van der Waals surface area contributed by atoms with Crippen LogP contribution < -0.4 is 14.2 Å². The van der Waals surface area contributed by atoms with Crippen molar-refractivity contribution in [2.45, 2.75) is 0 Å². The fourth-order valence-corrected chi connectivity index (χ4v) is 2.80. The van der Waals surface area contributed by atoms with Crippen molar-refractivity contribution < 1.29 is 14.2 Å². The molecule has 4 nitrogen and oxygen atoms in total. The van der Waals surface area contributed by atoms with Gasteiger partial charge < -0.3 is 19.2 Å². The van der Waals surface area contributed by atoms with Gasteiger partial charge in [0.05, 0.1) is 26.8 Å². The predicted octanol–water partition coefficient (Wildman–Crippen LogP) is 4.62. The molecule has 0 fully saturated rings. The van der Waals surface area contributed by atoms with Crippen LogP contribution in [0.2, 0.25) is 0 Å². The summed E-state index contributed by atoms with van der Waals surface area (Å²) in [7, 11) is 4.85. The molecule has 0 atom stereocenters. The Morgan fingerprint density at radius 3 is 2.14 bits per heavy atom. The Bertz CT molecular complexity index is 809. The number of nitrogens with one attached hydrogen (secondary N) is 1. The summed E-state index contributed by atoms with van der Waals surface area (Å²) in [6, 6.07) is 12.1. The highest BCUT2D eigenvalue weighted by Gasteiger charge is 2.18. The number of ether oxygens (including phenoxy) is 3. The quantitative estimate of drug-likeness (QED) is 0.736. The monoisotopic (exact) mass is 361 g/mol. The second-order valence-electron chi connectivity index (χ2n) is 4.80. The number of fused-ring (bicyclic) bond motifs is 1. The minimum absolute atomic E-state index is 0.596. The van der Waals surface area contributed by atoms with Crippen molar-refractivity contribution in [3.8, 4) is 28.5 Å². The molecule has 3 aromatic rings. The van der Waals surface area contributed by atoms with E-state index in [1.54, 1.807) is 21.3 Å². The molecule has 0 aliphatic rings. The van der Waals surface area contributed by atoms with Gasteiger partial charge >= 0.3 is 0 Å². The Kier molecular flexibility index (Phi) is 3.98. The van der Waals surface area contributed by atoms with Gasteiger partial charge in [-0.2, -0.15) is 0 Å². The van der Waals surface area contributed by atoms with E-state index in [1.807, 2.05) is 18.2 Å². The summed E-state index contributed by atoms with van der Waals surface area (Å²) in [5, 5.41) is 0.957. The molecule has 0 aliphatic heterocycles. The molecule has 0 saturated heterocycles. The lowest BCUT2D eigenvalue weighted by atomic mass is 10.1. The topological polar surface area (TPSA) is 43.5 Å². The number of benzene rings is 2. The van der Waals surface area contributed by atoms with Crippen LogP contribution in [0.1, 0.15) is 0 Å². The van der Waals surface area contributed by atoms with Crippen LogP contribution >= 0.6 is 15.9 Å². The largest absolute Gasteiger partial charge is 0.493 e. The summed E-state index contributed by atoms with van der Waals surface area (Å²) in [4.78, 5) is 3.40. The third-order valence-corrected chi connectivity index (χ3v) is 4.11. The molecule has 0 amide bonds. The van der Waals surface area contributed by atoms with E-state index in [9.17, 15) is 0 Å². The van der Waals surface area contributed by atoms with E-state index in [0.717, 1.165) is 26.6 Å². The van der Waals surface area contributed by atoms with Crippen LogP contribution in [0.25, 0.3) is 22.2 Å². The zero-order valence-corrected chi connectivity index (χ0v) is 14.2. The minimum Gasteiger partial charge on any atom is -0.493 e. The number of halogens is 1. The maximum atomic E-state index is 5.53. The predicted molar refractivity (Wildman–Crippen MR) is 91.1 cm³/mol. The summed E-state index contributed by atoms with van der Waals surface area (Å²) in [5.74, 6) is 1.89. The molecule has 0 radical (unpaired) electrons. The fraction of sp³-hybridized carbons (Fsp3) is 0.176. The van der Waals surface area contributed by atoms with E-state index in [-0.39, 0.29) is 0 Å². The molecule has 1 heterocycles. The Labute approximate surface area is 137 Å². The Hall–Kier alpha value is -2.14. The number of aromatic nitrogens is 1. The number of hydrogen-bond donors (Lipinski definition) is 1. The molecule has 0 spiro atoms. The number of hydrogen-bond acceptors (Lipinski definition) is 3. The first kappa shape index (κ1) is 14.8. The van der Waals surface area contributed by atoms with Crippen molar-refractivity contribution in [2.24, 2.45) is 0 Å². The van der Waals surface area contributed by atoms with E-state index >= 15 is 0 Å². The SMILES string of the molecule is COc1cc2[nH]c(-c3ccc(Br)cc3)cc2c(OC)c1OC. The van der Waals surface area contributed by atoms with E-state index in [1.165, 1.54) is 0 Å². The summed E-state index contributed by atoms with van der Waals surface area (Å²) in [6.07, 6.45) is 0. The van der Waals surface area contributed by atoms with Gasteiger partial charge in [-0.3, -0.25) is 0 Å². The molecular weight excluding hydrogens is 346 g/mol. The second kappa shape index (κ2) is 5.93. The zero-order chi connectivity index (χ0) is 15.7. The highest BCUT2D eigenvalue weighted by atomic mass is 79.9. The molecule has 114 valence electrons. The lowest BCUT2D eigenvalue weighted by Gasteiger charge is -2.12. The normalized spacial score (nSPS) is 10.7. The highest BCUT2D eigenvalue weighted by molar-refractivity contribution is 9.10. The van der Waals surface area contributed by atoms with Crippen LogP contribution in [-0.4, -0.2) is 26.3 Å².